The molecule has 45 heavy (non-hydrogen) atoms. The van der Waals surface area contributed by atoms with E-state index in [2.05, 4.69) is 22.7 Å². The largest absolute Gasteiger partial charge is 0.379 e. The predicted molar refractivity (Wildman–Crippen MR) is 175 cm³/mol. The molecule has 1 unspecified atom stereocenters. The number of nitrogens with zero attached hydrogens (tertiary/aromatic N) is 3. The van der Waals surface area contributed by atoms with Crippen LogP contribution in [0.3, 0.4) is 0 Å². The van der Waals surface area contributed by atoms with Gasteiger partial charge in [-0.05, 0) is 78.7 Å². The molecule has 1 atom stereocenters. The molecule has 222 valence electrons. The van der Waals surface area contributed by atoms with Gasteiger partial charge >= 0.3 is 10.1 Å². The molecule has 0 amide bonds. The summed E-state index contributed by atoms with van der Waals surface area (Å²) in [5.74, 6) is 0.571. The highest BCUT2D eigenvalue weighted by Gasteiger charge is 2.22. The molecule has 9 heteroatoms. The first-order chi connectivity index (χ1) is 21.9. The van der Waals surface area contributed by atoms with Crippen molar-refractivity contribution in [3.05, 3.63) is 154 Å². The van der Waals surface area contributed by atoms with Crippen LogP contribution in [-0.2, 0) is 10.1 Å². The molecular formula is C36H28N4O4S. The maximum Gasteiger partial charge on any atom is 0.339 e. The number of hydrazone groups is 1. The highest BCUT2D eigenvalue weighted by atomic mass is 32.2. The maximum absolute atomic E-state index is 13.9. The summed E-state index contributed by atoms with van der Waals surface area (Å²) in [4.78, 5) is 18.8. The van der Waals surface area contributed by atoms with E-state index in [1.165, 1.54) is 17.7 Å². The lowest BCUT2D eigenvalue weighted by atomic mass is 9.99. The van der Waals surface area contributed by atoms with Gasteiger partial charge in [0.1, 0.15) is 16.5 Å². The minimum absolute atomic E-state index is 0.0700. The number of rotatable bonds is 7. The number of hydrogen-bond acceptors (Lipinski definition) is 7. The summed E-state index contributed by atoms with van der Waals surface area (Å²) in [5, 5.41) is 5.07. The number of nitrogens with one attached hydrogen (secondary N) is 1. The van der Waals surface area contributed by atoms with E-state index >= 15 is 0 Å². The zero-order valence-corrected chi connectivity index (χ0v) is 25.1. The first kappa shape index (κ1) is 28.2. The standard InChI is InChI=1S/C36H28N4O4S/c1-24-11-21-30(22-12-24)45(42,43)44-29-19-15-27(16-20-29)35-37-32-10-6-5-9-31(32)36(41)40(35)28-17-13-26(14-18-28)34-23-33(38-39-34)25-7-3-2-4-8-25/h2-22,33,38H,23H2,1H3. The van der Waals surface area contributed by atoms with Crippen LogP contribution in [0.2, 0.25) is 0 Å². The minimum atomic E-state index is -4.01. The van der Waals surface area contributed by atoms with Gasteiger partial charge < -0.3 is 9.61 Å². The van der Waals surface area contributed by atoms with Gasteiger partial charge in [-0.3, -0.25) is 9.36 Å². The second kappa shape index (κ2) is 11.5. The average molecular weight is 613 g/mol. The van der Waals surface area contributed by atoms with Crippen LogP contribution >= 0.6 is 0 Å². The SMILES string of the molecule is Cc1ccc(S(=O)(=O)Oc2ccc(-c3nc4ccccc4c(=O)n3-c3ccc(C4=NNC(c5ccccc5)C4)cc3)cc2)cc1. The molecule has 7 rings (SSSR count). The second-order valence-electron chi connectivity index (χ2n) is 10.9. The maximum atomic E-state index is 13.9. The van der Waals surface area contributed by atoms with Crippen molar-refractivity contribution in [2.75, 3.05) is 0 Å². The summed E-state index contributed by atoms with van der Waals surface area (Å²) in [5.41, 5.74) is 8.87. The number of fused-ring (bicyclic) bond motifs is 1. The van der Waals surface area contributed by atoms with E-state index in [1.807, 2.05) is 61.5 Å². The molecule has 0 radical (unpaired) electrons. The van der Waals surface area contributed by atoms with E-state index in [4.69, 9.17) is 9.17 Å². The second-order valence-corrected chi connectivity index (χ2v) is 12.4. The zero-order chi connectivity index (χ0) is 31.0. The number of para-hydroxylation sites is 1. The topological polar surface area (TPSA) is 103 Å². The normalized spacial score (nSPS) is 14.6. The Hall–Kier alpha value is -5.54. The summed E-state index contributed by atoms with van der Waals surface area (Å²) in [6.45, 7) is 1.88. The highest BCUT2D eigenvalue weighted by Crippen LogP contribution is 2.28. The van der Waals surface area contributed by atoms with Gasteiger partial charge in [0.05, 0.1) is 28.3 Å². The van der Waals surface area contributed by atoms with Gasteiger partial charge in [-0.25, -0.2) is 4.98 Å². The Bertz CT molecular complexity index is 2210. The number of aromatic nitrogens is 2. The van der Waals surface area contributed by atoms with E-state index in [9.17, 15) is 13.2 Å². The van der Waals surface area contributed by atoms with Crippen LogP contribution in [0.4, 0.5) is 0 Å². The predicted octanol–water partition coefficient (Wildman–Crippen LogP) is 6.57. The van der Waals surface area contributed by atoms with Gasteiger partial charge in [0, 0.05) is 12.0 Å². The molecule has 5 aromatic carbocycles. The molecule has 2 heterocycles. The molecule has 1 aliphatic rings. The molecule has 0 fully saturated rings. The molecule has 0 aliphatic carbocycles. The first-order valence-electron chi connectivity index (χ1n) is 14.5. The third-order valence-electron chi connectivity index (χ3n) is 7.82. The summed E-state index contributed by atoms with van der Waals surface area (Å²) >= 11 is 0. The molecule has 0 saturated heterocycles. The molecule has 0 spiro atoms. The Kier molecular flexibility index (Phi) is 7.23. The Labute approximate surface area is 260 Å². The van der Waals surface area contributed by atoms with Crippen molar-refractivity contribution < 1.29 is 12.6 Å². The molecular weight excluding hydrogens is 584 g/mol. The van der Waals surface area contributed by atoms with Crippen molar-refractivity contribution in [2.45, 2.75) is 24.3 Å². The lowest BCUT2D eigenvalue weighted by Crippen LogP contribution is -2.22. The van der Waals surface area contributed by atoms with E-state index in [1.54, 1.807) is 53.1 Å². The fraction of sp³-hybridized carbons (Fsp3) is 0.0833. The zero-order valence-electron chi connectivity index (χ0n) is 24.3. The first-order valence-corrected chi connectivity index (χ1v) is 15.9. The van der Waals surface area contributed by atoms with Gasteiger partial charge in [-0.15, -0.1) is 0 Å². The molecule has 8 nitrogen and oxygen atoms in total. The third kappa shape index (κ3) is 5.61. The molecule has 6 aromatic rings. The van der Waals surface area contributed by atoms with Gasteiger partial charge in [0.25, 0.3) is 5.56 Å². The highest BCUT2D eigenvalue weighted by molar-refractivity contribution is 7.87. The monoisotopic (exact) mass is 612 g/mol. The average Bonchev–Trinajstić information content (AvgIpc) is 3.56. The van der Waals surface area contributed by atoms with Crippen molar-refractivity contribution in [3.63, 3.8) is 0 Å². The van der Waals surface area contributed by atoms with Crippen LogP contribution in [0.5, 0.6) is 5.75 Å². The van der Waals surface area contributed by atoms with Crippen LogP contribution in [0.1, 0.15) is 29.2 Å². The quantitative estimate of drug-likeness (QED) is 0.205. The van der Waals surface area contributed by atoms with Crippen LogP contribution < -0.4 is 15.2 Å². The van der Waals surface area contributed by atoms with E-state index in [0.717, 1.165) is 23.3 Å². The van der Waals surface area contributed by atoms with Crippen molar-refractivity contribution in [1.82, 2.24) is 15.0 Å². The molecule has 1 aromatic heterocycles. The van der Waals surface area contributed by atoms with Crippen molar-refractivity contribution in [1.29, 1.82) is 0 Å². The summed E-state index contributed by atoms with van der Waals surface area (Å²) in [6.07, 6.45) is 0.750. The fourth-order valence-corrected chi connectivity index (χ4v) is 6.34. The lowest BCUT2D eigenvalue weighted by molar-refractivity contribution is 0.486. The Morgan fingerprint density at radius 2 is 1.44 bits per heavy atom. The Morgan fingerprint density at radius 3 is 2.18 bits per heavy atom. The van der Waals surface area contributed by atoms with Crippen molar-refractivity contribution in [2.24, 2.45) is 5.10 Å². The fourth-order valence-electron chi connectivity index (χ4n) is 5.41. The third-order valence-corrected chi connectivity index (χ3v) is 9.08. The Balaban J connectivity index is 1.21. The van der Waals surface area contributed by atoms with Crippen LogP contribution in [0.25, 0.3) is 28.0 Å². The number of benzene rings is 5. The van der Waals surface area contributed by atoms with Gasteiger partial charge in [0.2, 0.25) is 0 Å². The molecule has 1 N–H and O–H groups in total. The van der Waals surface area contributed by atoms with E-state index in [0.29, 0.717) is 28.0 Å². The van der Waals surface area contributed by atoms with Crippen molar-refractivity contribution >= 4 is 26.7 Å². The summed E-state index contributed by atoms with van der Waals surface area (Å²) in [7, 11) is -4.01. The van der Waals surface area contributed by atoms with Crippen LogP contribution in [-0.4, -0.2) is 23.7 Å². The lowest BCUT2D eigenvalue weighted by Gasteiger charge is -2.15. The summed E-state index contributed by atoms with van der Waals surface area (Å²) < 4.78 is 32.6. The molecule has 0 saturated carbocycles. The van der Waals surface area contributed by atoms with Gasteiger partial charge in [-0.1, -0.05) is 72.3 Å². The van der Waals surface area contributed by atoms with Crippen LogP contribution in [0.15, 0.2) is 142 Å². The summed E-state index contributed by atoms with van der Waals surface area (Å²) in [6, 6.07) is 38.2. The molecule has 0 bridgehead atoms. The van der Waals surface area contributed by atoms with Gasteiger partial charge in [-0.2, -0.15) is 13.5 Å². The van der Waals surface area contributed by atoms with Crippen LogP contribution in [0, 0.1) is 6.92 Å². The molecule has 1 aliphatic heterocycles. The van der Waals surface area contributed by atoms with E-state index in [-0.39, 0.29) is 22.2 Å². The van der Waals surface area contributed by atoms with Crippen molar-refractivity contribution in [3.8, 4) is 22.8 Å². The minimum Gasteiger partial charge on any atom is -0.379 e. The van der Waals surface area contributed by atoms with E-state index < -0.39 is 10.1 Å². The number of aryl methyl sites for hydroxylation is 1. The smallest absolute Gasteiger partial charge is 0.339 e. The number of hydrogen-bond donors (Lipinski definition) is 1. The Morgan fingerprint density at radius 1 is 0.778 bits per heavy atom. The van der Waals surface area contributed by atoms with Gasteiger partial charge in [0.15, 0.2) is 0 Å².